The molecule has 0 aliphatic rings. The molecule has 13 rings (SSSR count). The summed E-state index contributed by atoms with van der Waals surface area (Å²) in [4.78, 5) is 25.9. The van der Waals surface area contributed by atoms with Crippen LogP contribution in [0.2, 0.25) is 0 Å². The molecule has 0 aliphatic carbocycles. The molecule has 4 aromatic heterocycles. The summed E-state index contributed by atoms with van der Waals surface area (Å²) < 4.78 is 4.56. The minimum absolute atomic E-state index is 0.559. The fourth-order valence-corrected chi connectivity index (χ4v) is 9.55. The lowest BCUT2D eigenvalue weighted by Gasteiger charge is -2.13. The van der Waals surface area contributed by atoms with E-state index in [9.17, 15) is 0 Å². The van der Waals surface area contributed by atoms with Gasteiger partial charge in [0.1, 0.15) is 0 Å². The number of aromatic nitrogens is 7. The number of rotatable bonds is 8. The second-order valence-corrected chi connectivity index (χ2v) is 16.9. The van der Waals surface area contributed by atoms with Gasteiger partial charge in [-0.25, -0.2) is 15.0 Å². The van der Waals surface area contributed by atoms with Gasteiger partial charge in [-0.05, 0) is 53.6 Å². The highest BCUT2D eigenvalue weighted by atomic mass is 15.2. The van der Waals surface area contributed by atoms with Crippen LogP contribution in [-0.4, -0.2) is 34.1 Å². The van der Waals surface area contributed by atoms with Crippen molar-refractivity contribution in [3.8, 4) is 79.4 Å². The highest BCUT2D eigenvalue weighted by Gasteiger charge is 2.22. The van der Waals surface area contributed by atoms with Gasteiger partial charge in [0.15, 0.2) is 17.5 Å². The second kappa shape index (κ2) is 16.3. The Labute approximate surface area is 392 Å². The van der Waals surface area contributed by atoms with Crippen molar-refractivity contribution in [3.05, 3.63) is 237 Å². The molecule has 4 heterocycles. The van der Waals surface area contributed by atoms with E-state index in [1.54, 1.807) is 0 Å². The number of hydrogen-bond donors (Lipinski definition) is 0. The van der Waals surface area contributed by atoms with Crippen LogP contribution in [0.25, 0.3) is 123 Å². The molecule has 68 heavy (non-hydrogen) atoms. The number of nitrogens with zero attached hydrogens (tertiary/aromatic N) is 7. The van der Waals surface area contributed by atoms with Crippen LogP contribution in [0.3, 0.4) is 0 Å². The van der Waals surface area contributed by atoms with Crippen LogP contribution >= 0.6 is 0 Å². The number of fused-ring (bicyclic) bond motifs is 6. The molecule has 0 bridgehead atoms. The molecule has 0 radical (unpaired) electrons. The summed E-state index contributed by atoms with van der Waals surface area (Å²) in [6, 6.07) is 82.2. The fraction of sp³-hybridized carbons (Fsp3) is 0. The maximum Gasteiger partial charge on any atom is 0.238 e. The number of benzene rings is 9. The first-order chi connectivity index (χ1) is 33.7. The first kappa shape index (κ1) is 39.1. The molecule has 0 atom stereocenters. The average molecular weight is 870 g/mol. The Bertz CT molecular complexity index is 3940. The summed E-state index contributed by atoms with van der Waals surface area (Å²) in [5, 5.41) is 4.46. The molecule has 9 aromatic carbocycles. The predicted octanol–water partition coefficient (Wildman–Crippen LogP) is 14.9. The molecule has 0 aliphatic heterocycles. The van der Waals surface area contributed by atoms with Crippen molar-refractivity contribution in [2.75, 3.05) is 0 Å². The van der Waals surface area contributed by atoms with E-state index in [2.05, 4.69) is 173 Å². The zero-order valence-corrected chi connectivity index (χ0v) is 36.6. The summed E-state index contributed by atoms with van der Waals surface area (Å²) >= 11 is 0. The zero-order valence-electron chi connectivity index (χ0n) is 36.6. The van der Waals surface area contributed by atoms with Crippen LogP contribution in [-0.2, 0) is 0 Å². The third kappa shape index (κ3) is 6.80. The van der Waals surface area contributed by atoms with E-state index in [4.69, 9.17) is 24.9 Å². The summed E-state index contributed by atoms with van der Waals surface area (Å²) in [5.41, 5.74) is 14.1. The van der Waals surface area contributed by atoms with Crippen molar-refractivity contribution in [1.82, 2.24) is 34.1 Å². The van der Waals surface area contributed by atoms with Gasteiger partial charge in [0.25, 0.3) is 0 Å². The lowest BCUT2D eigenvalue weighted by atomic mass is 10.0. The number of hydrogen-bond acceptors (Lipinski definition) is 5. The Morgan fingerprint density at radius 3 is 1.22 bits per heavy atom. The van der Waals surface area contributed by atoms with Crippen LogP contribution in [0.15, 0.2) is 237 Å². The van der Waals surface area contributed by atoms with Gasteiger partial charge in [-0.2, -0.15) is 9.97 Å². The van der Waals surface area contributed by atoms with Crippen molar-refractivity contribution in [1.29, 1.82) is 0 Å². The van der Waals surface area contributed by atoms with Gasteiger partial charge in [-0.3, -0.25) is 4.57 Å². The molecule has 13 aromatic rings. The third-order valence-corrected chi connectivity index (χ3v) is 12.8. The van der Waals surface area contributed by atoms with Gasteiger partial charge in [0.2, 0.25) is 5.95 Å². The summed E-state index contributed by atoms with van der Waals surface area (Å²) in [7, 11) is 0. The minimum Gasteiger partial charge on any atom is -0.309 e. The summed E-state index contributed by atoms with van der Waals surface area (Å²) in [6.07, 6.45) is 0. The van der Waals surface area contributed by atoms with E-state index in [1.165, 1.54) is 5.56 Å². The average Bonchev–Trinajstić information content (AvgIpc) is 3.93. The van der Waals surface area contributed by atoms with E-state index in [0.717, 1.165) is 94.1 Å². The molecular weight excluding hydrogens is 831 g/mol. The molecule has 0 saturated heterocycles. The van der Waals surface area contributed by atoms with Crippen LogP contribution in [0.4, 0.5) is 0 Å². The van der Waals surface area contributed by atoms with E-state index in [1.807, 2.05) is 72.8 Å². The lowest BCUT2D eigenvalue weighted by molar-refractivity contribution is 0.954. The van der Waals surface area contributed by atoms with E-state index < -0.39 is 0 Å². The molecule has 0 spiro atoms. The normalized spacial score (nSPS) is 11.5. The zero-order chi connectivity index (χ0) is 45.0. The molecule has 0 amide bonds. The highest BCUT2D eigenvalue weighted by Crippen LogP contribution is 2.40. The SMILES string of the molecule is c1ccc(-c2ccc(-c3cc(-c4ccccc4)nc(-c4cccc(-n5c6ccccc6c6cc7c(cc65)c5ccccc5n7-c5nc(-c6ccccc6)nc(-c6ccccc6)n5)c4)n3)cc2)cc1. The van der Waals surface area contributed by atoms with Crippen molar-refractivity contribution < 1.29 is 0 Å². The second-order valence-electron chi connectivity index (χ2n) is 16.9. The van der Waals surface area contributed by atoms with Crippen molar-refractivity contribution in [2.24, 2.45) is 0 Å². The molecule has 7 nitrogen and oxygen atoms in total. The minimum atomic E-state index is 0.559. The van der Waals surface area contributed by atoms with Gasteiger partial charge in [0, 0.05) is 55.0 Å². The smallest absolute Gasteiger partial charge is 0.238 e. The van der Waals surface area contributed by atoms with E-state index >= 15 is 0 Å². The van der Waals surface area contributed by atoms with Crippen molar-refractivity contribution in [2.45, 2.75) is 0 Å². The van der Waals surface area contributed by atoms with Crippen molar-refractivity contribution in [3.63, 3.8) is 0 Å². The summed E-state index contributed by atoms with van der Waals surface area (Å²) in [6.45, 7) is 0. The molecule has 0 fully saturated rings. The van der Waals surface area contributed by atoms with Crippen LogP contribution in [0.5, 0.6) is 0 Å². The topological polar surface area (TPSA) is 74.3 Å². The van der Waals surface area contributed by atoms with E-state index in [0.29, 0.717) is 23.4 Å². The Morgan fingerprint density at radius 1 is 0.235 bits per heavy atom. The molecular formula is C61H39N7. The molecule has 318 valence electrons. The summed E-state index contributed by atoms with van der Waals surface area (Å²) in [5.74, 6) is 2.45. The van der Waals surface area contributed by atoms with Crippen LogP contribution in [0.1, 0.15) is 0 Å². The van der Waals surface area contributed by atoms with Gasteiger partial charge < -0.3 is 4.57 Å². The Morgan fingerprint density at radius 2 is 0.647 bits per heavy atom. The molecule has 0 unspecified atom stereocenters. The third-order valence-electron chi connectivity index (χ3n) is 12.8. The Kier molecular flexibility index (Phi) is 9.35. The first-order valence-corrected chi connectivity index (χ1v) is 22.7. The standard InChI is InChI=1S/C61H39N7/c1-5-18-40(19-6-1)41-32-34-43(35-33-41)53-39-52(42-20-7-2-8-21-42)62-60(63-53)46-26-17-27-47(36-46)67-54-30-15-13-28-48(54)50-38-57-51(37-56(50)67)49-29-14-16-31-55(49)68(57)61-65-58(44-22-9-3-10-23-44)64-59(66-61)45-24-11-4-12-25-45/h1-39H. The molecule has 0 N–H and O–H groups in total. The molecule has 7 heteroatoms. The lowest BCUT2D eigenvalue weighted by Crippen LogP contribution is -2.06. The maximum atomic E-state index is 5.27. The molecule has 0 saturated carbocycles. The predicted molar refractivity (Wildman–Crippen MR) is 277 cm³/mol. The maximum absolute atomic E-state index is 5.27. The Hall–Kier alpha value is -9.33. The monoisotopic (exact) mass is 869 g/mol. The van der Waals surface area contributed by atoms with Gasteiger partial charge in [-0.15, -0.1) is 0 Å². The number of para-hydroxylation sites is 2. The largest absolute Gasteiger partial charge is 0.309 e. The fourth-order valence-electron chi connectivity index (χ4n) is 9.55. The van der Waals surface area contributed by atoms with Gasteiger partial charge in [0.05, 0.1) is 33.5 Å². The van der Waals surface area contributed by atoms with Gasteiger partial charge >= 0.3 is 0 Å². The first-order valence-electron chi connectivity index (χ1n) is 22.7. The van der Waals surface area contributed by atoms with Crippen LogP contribution < -0.4 is 0 Å². The Balaban J connectivity index is 0.990. The van der Waals surface area contributed by atoms with Crippen LogP contribution in [0, 0.1) is 0 Å². The van der Waals surface area contributed by atoms with E-state index in [-0.39, 0.29) is 0 Å². The van der Waals surface area contributed by atoms with Gasteiger partial charge in [-0.1, -0.05) is 194 Å². The van der Waals surface area contributed by atoms with Crippen molar-refractivity contribution >= 4 is 43.6 Å². The highest BCUT2D eigenvalue weighted by molar-refractivity contribution is 6.19. The quantitative estimate of drug-likeness (QED) is 0.152.